The van der Waals surface area contributed by atoms with E-state index in [1.54, 1.807) is 6.92 Å². The van der Waals surface area contributed by atoms with Crippen molar-refractivity contribution in [3.63, 3.8) is 0 Å². The van der Waals surface area contributed by atoms with E-state index < -0.39 is 0 Å². The van der Waals surface area contributed by atoms with E-state index in [1.807, 2.05) is 29.3 Å². The average Bonchev–Trinajstić information content (AvgIpc) is 3.28. The number of amides is 2. The minimum atomic E-state index is 0.0109. The average molecular weight is 313 g/mol. The minimum Gasteiger partial charge on any atom is -0.361 e. The Kier molecular flexibility index (Phi) is 4.65. The van der Waals surface area contributed by atoms with E-state index in [4.69, 9.17) is 0 Å². The third-order valence-corrected chi connectivity index (χ3v) is 4.36. The van der Waals surface area contributed by atoms with Gasteiger partial charge in [0, 0.05) is 49.6 Å². The van der Waals surface area contributed by atoms with Crippen LogP contribution in [-0.4, -0.2) is 40.8 Å². The molecule has 0 spiro atoms. The summed E-state index contributed by atoms with van der Waals surface area (Å²) in [5, 5.41) is 4.16. The van der Waals surface area contributed by atoms with Gasteiger partial charge in [-0.2, -0.15) is 0 Å². The molecule has 1 fully saturated rings. The second-order valence-electron chi connectivity index (χ2n) is 6.15. The molecule has 5 nitrogen and oxygen atoms in total. The van der Waals surface area contributed by atoms with Crippen LogP contribution in [0.2, 0.25) is 0 Å². The van der Waals surface area contributed by atoms with Crippen molar-refractivity contribution in [1.82, 2.24) is 15.2 Å². The molecule has 3 rings (SSSR count). The molecule has 1 aromatic carbocycles. The SMILES string of the molecule is CC(=O)N(CCC(=O)NCCc1c[nH]c2ccccc12)C1CC1. The van der Waals surface area contributed by atoms with Crippen LogP contribution in [0.1, 0.15) is 31.7 Å². The fourth-order valence-corrected chi connectivity index (χ4v) is 2.97. The highest BCUT2D eigenvalue weighted by Crippen LogP contribution is 2.26. The number of rotatable bonds is 7. The van der Waals surface area contributed by atoms with Gasteiger partial charge in [-0.15, -0.1) is 0 Å². The Morgan fingerprint density at radius 3 is 2.83 bits per heavy atom. The second kappa shape index (κ2) is 6.86. The number of para-hydroxylation sites is 1. The summed E-state index contributed by atoms with van der Waals surface area (Å²) >= 11 is 0. The van der Waals surface area contributed by atoms with Crippen LogP contribution in [-0.2, 0) is 16.0 Å². The summed E-state index contributed by atoms with van der Waals surface area (Å²) in [6.07, 6.45) is 5.32. The van der Waals surface area contributed by atoms with Gasteiger partial charge in [-0.3, -0.25) is 9.59 Å². The summed E-state index contributed by atoms with van der Waals surface area (Å²) in [7, 11) is 0. The predicted molar refractivity (Wildman–Crippen MR) is 90.0 cm³/mol. The van der Waals surface area contributed by atoms with Crippen LogP contribution in [0.5, 0.6) is 0 Å². The van der Waals surface area contributed by atoms with Crippen molar-refractivity contribution in [2.45, 2.75) is 38.6 Å². The number of nitrogens with zero attached hydrogens (tertiary/aromatic N) is 1. The number of nitrogens with one attached hydrogen (secondary N) is 2. The molecule has 0 atom stereocenters. The molecule has 2 amide bonds. The monoisotopic (exact) mass is 313 g/mol. The molecular weight excluding hydrogens is 290 g/mol. The molecule has 1 aromatic heterocycles. The van der Waals surface area contributed by atoms with E-state index in [1.165, 1.54) is 10.9 Å². The number of H-pyrrole nitrogens is 1. The van der Waals surface area contributed by atoms with Crippen LogP contribution in [0.4, 0.5) is 0 Å². The molecule has 0 radical (unpaired) electrons. The topological polar surface area (TPSA) is 65.2 Å². The van der Waals surface area contributed by atoms with E-state index >= 15 is 0 Å². The molecular formula is C18H23N3O2. The third-order valence-electron chi connectivity index (χ3n) is 4.36. The Labute approximate surface area is 136 Å². The molecule has 1 saturated carbocycles. The van der Waals surface area contributed by atoms with Gasteiger partial charge in [-0.25, -0.2) is 0 Å². The lowest BCUT2D eigenvalue weighted by Crippen LogP contribution is -2.35. The number of hydrogen-bond acceptors (Lipinski definition) is 2. The quantitative estimate of drug-likeness (QED) is 0.823. The second-order valence-corrected chi connectivity index (χ2v) is 6.15. The molecule has 0 unspecified atom stereocenters. The fourth-order valence-electron chi connectivity index (χ4n) is 2.97. The van der Waals surface area contributed by atoms with Crippen LogP contribution in [0, 0.1) is 0 Å². The standard InChI is InChI=1S/C18H23N3O2/c1-13(22)21(15-6-7-15)11-9-18(23)19-10-8-14-12-20-17-5-3-2-4-16(14)17/h2-5,12,15,20H,6-11H2,1H3,(H,19,23). The Bertz CT molecular complexity index is 703. The largest absolute Gasteiger partial charge is 0.361 e. The van der Waals surface area contributed by atoms with Crippen molar-refractivity contribution in [3.8, 4) is 0 Å². The number of hydrogen-bond donors (Lipinski definition) is 2. The molecule has 122 valence electrons. The smallest absolute Gasteiger partial charge is 0.221 e. The Hall–Kier alpha value is -2.30. The van der Waals surface area contributed by atoms with Gasteiger partial charge in [0.1, 0.15) is 0 Å². The first kappa shape index (κ1) is 15.6. The number of benzene rings is 1. The van der Waals surface area contributed by atoms with Gasteiger partial charge in [-0.05, 0) is 30.9 Å². The molecule has 2 N–H and O–H groups in total. The van der Waals surface area contributed by atoms with E-state index in [2.05, 4.69) is 16.4 Å². The van der Waals surface area contributed by atoms with Crippen LogP contribution in [0.15, 0.2) is 30.5 Å². The fraction of sp³-hybridized carbons (Fsp3) is 0.444. The van der Waals surface area contributed by atoms with Gasteiger partial charge < -0.3 is 15.2 Å². The van der Waals surface area contributed by atoms with E-state index in [0.717, 1.165) is 24.8 Å². The van der Waals surface area contributed by atoms with Gasteiger partial charge in [-0.1, -0.05) is 18.2 Å². The van der Waals surface area contributed by atoms with Gasteiger partial charge >= 0.3 is 0 Å². The highest BCUT2D eigenvalue weighted by atomic mass is 16.2. The Morgan fingerprint density at radius 2 is 2.09 bits per heavy atom. The molecule has 1 heterocycles. The zero-order chi connectivity index (χ0) is 16.2. The van der Waals surface area contributed by atoms with Gasteiger partial charge in [0.25, 0.3) is 0 Å². The number of aromatic amines is 1. The summed E-state index contributed by atoms with van der Waals surface area (Å²) in [6, 6.07) is 8.53. The first-order valence-corrected chi connectivity index (χ1v) is 8.24. The van der Waals surface area contributed by atoms with Crippen molar-refractivity contribution in [2.75, 3.05) is 13.1 Å². The molecule has 1 aliphatic rings. The maximum absolute atomic E-state index is 11.9. The number of aromatic nitrogens is 1. The predicted octanol–water partition coefficient (Wildman–Crippen LogP) is 2.23. The van der Waals surface area contributed by atoms with E-state index in [9.17, 15) is 9.59 Å². The van der Waals surface area contributed by atoms with Gasteiger partial charge in [0.2, 0.25) is 11.8 Å². The number of carbonyl (C=O) groups is 2. The minimum absolute atomic E-state index is 0.0109. The molecule has 0 bridgehead atoms. The molecule has 23 heavy (non-hydrogen) atoms. The van der Waals surface area contributed by atoms with Gasteiger partial charge in [0.15, 0.2) is 0 Å². The Morgan fingerprint density at radius 1 is 1.30 bits per heavy atom. The van der Waals surface area contributed by atoms with Crippen molar-refractivity contribution in [3.05, 3.63) is 36.0 Å². The lowest BCUT2D eigenvalue weighted by atomic mass is 10.1. The summed E-state index contributed by atoms with van der Waals surface area (Å²) < 4.78 is 0. The highest BCUT2D eigenvalue weighted by Gasteiger charge is 2.30. The lowest BCUT2D eigenvalue weighted by Gasteiger charge is -2.20. The summed E-state index contributed by atoms with van der Waals surface area (Å²) in [4.78, 5) is 28.5. The zero-order valence-electron chi connectivity index (χ0n) is 13.5. The molecule has 5 heteroatoms. The Balaban J connectivity index is 1.43. The lowest BCUT2D eigenvalue weighted by molar-refractivity contribution is -0.130. The van der Waals surface area contributed by atoms with Gasteiger partial charge in [0.05, 0.1) is 0 Å². The zero-order valence-corrected chi connectivity index (χ0v) is 13.5. The van der Waals surface area contributed by atoms with Crippen molar-refractivity contribution in [2.24, 2.45) is 0 Å². The molecule has 2 aromatic rings. The van der Waals surface area contributed by atoms with Crippen LogP contribution >= 0.6 is 0 Å². The third kappa shape index (κ3) is 3.92. The summed E-state index contributed by atoms with van der Waals surface area (Å²) in [5.41, 5.74) is 2.33. The number of fused-ring (bicyclic) bond motifs is 1. The van der Waals surface area contributed by atoms with Crippen molar-refractivity contribution < 1.29 is 9.59 Å². The molecule has 0 aliphatic heterocycles. The van der Waals surface area contributed by atoms with Crippen LogP contribution in [0.3, 0.4) is 0 Å². The first-order chi connectivity index (χ1) is 11.1. The van der Waals surface area contributed by atoms with Crippen LogP contribution in [0.25, 0.3) is 10.9 Å². The first-order valence-electron chi connectivity index (χ1n) is 8.24. The summed E-state index contributed by atoms with van der Waals surface area (Å²) in [5.74, 6) is 0.0795. The highest BCUT2D eigenvalue weighted by molar-refractivity contribution is 5.83. The molecule has 0 saturated heterocycles. The summed E-state index contributed by atoms with van der Waals surface area (Å²) in [6.45, 7) is 2.72. The van der Waals surface area contributed by atoms with Crippen molar-refractivity contribution in [1.29, 1.82) is 0 Å². The maximum atomic E-state index is 11.9. The normalized spacial score (nSPS) is 14.0. The maximum Gasteiger partial charge on any atom is 0.221 e. The number of carbonyl (C=O) groups excluding carboxylic acids is 2. The van der Waals surface area contributed by atoms with E-state index in [-0.39, 0.29) is 11.8 Å². The van der Waals surface area contributed by atoms with Crippen molar-refractivity contribution >= 4 is 22.7 Å². The van der Waals surface area contributed by atoms with Crippen LogP contribution < -0.4 is 5.32 Å². The molecule has 1 aliphatic carbocycles. The van der Waals surface area contributed by atoms with E-state index in [0.29, 0.717) is 25.6 Å².